The van der Waals surface area contributed by atoms with Gasteiger partial charge in [0.25, 0.3) is 0 Å². The second-order valence-corrected chi connectivity index (χ2v) is 6.05. The van der Waals surface area contributed by atoms with Crippen LogP contribution in [-0.2, 0) is 6.61 Å². The van der Waals surface area contributed by atoms with Gasteiger partial charge >= 0.3 is 0 Å². The van der Waals surface area contributed by atoms with Crippen LogP contribution in [0.3, 0.4) is 0 Å². The van der Waals surface area contributed by atoms with Gasteiger partial charge in [-0.1, -0.05) is 60.7 Å². The minimum Gasteiger partial charge on any atom is -0.488 e. The first-order chi connectivity index (χ1) is 13.4. The lowest BCUT2D eigenvalue weighted by Crippen LogP contribution is -1.99. The Morgan fingerprint density at radius 3 is 2.26 bits per heavy atom. The summed E-state index contributed by atoms with van der Waals surface area (Å²) < 4.78 is 6.05. The van der Waals surface area contributed by atoms with Crippen molar-refractivity contribution in [2.45, 2.75) is 6.61 Å². The molecule has 0 spiro atoms. The Hall–Kier alpha value is -3.66. The zero-order valence-corrected chi connectivity index (χ0v) is 14.7. The summed E-state index contributed by atoms with van der Waals surface area (Å²) in [5.74, 6) is 1.54. The number of para-hydroxylation sites is 2. The van der Waals surface area contributed by atoms with Crippen LogP contribution in [0, 0.1) is 0 Å². The van der Waals surface area contributed by atoms with Crippen LogP contribution in [0.15, 0.2) is 97.3 Å². The van der Waals surface area contributed by atoms with Crippen molar-refractivity contribution in [1.82, 2.24) is 9.97 Å². The van der Waals surface area contributed by atoms with E-state index in [1.54, 1.807) is 6.33 Å². The molecule has 0 bridgehead atoms. The van der Waals surface area contributed by atoms with Crippen molar-refractivity contribution >= 4 is 11.5 Å². The van der Waals surface area contributed by atoms with Gasteiger partial charge in [0.1, 0.15) is 24.5 Å². The number of aromatic nitrogens is 2. The topological polar surface area (TPSA) is 47.0 Å². The van der Waals surface area contributed by atoms with Crippen molar-refractivity contribution < 1.29 is 4.74 Å². The Balaban J connectivity index is 1.57. The number of hydrogen-bond donors (Lipinski definition) is 1. The fourth-order valence-corrected chi connectivity index (χ4v) is 2.78. The van der Waals surface area contributed by atoms with Gasteiger partial charge in [-0.25, -0.2) is 9.97 Å². The summed E-state index contributed by atoms with van der Waals surface area (Å²) >= 11 is 0. The van der Waals surface area contributed by atoms with Gasteiger partial charge in [-0.3, -0.25) is 0 Å². The van der Waals surface area contributed by atoms with E-state index in [0.29, 0.717) is 6.61 Å². The zero-order chi connectivity index (χ0) is 18.3. The Kier molecular flexibility index (Phi) is 5.07. The van der Waals surface area contributed by atoms with Crippen LogP contribution in [0.2, 0.25) is 0 Å². The summed E-state index contributed by atoms with van der Waals surface area (Å²) in [4.78, 5) is 8.76. The summed E-state index contributed by atoms with van der Waals surface area (Å²) in [6, 6.07) is 29.9. The van der Waals surface area contributed by atoms with Crippen LogP contribution in [0.4, 0.5) is 11.5 Å². The molecular formula is C23H19N3O. The maximum Gasteiger partial charge on any atom is 0.134 e. The number of nitrogens with zero attached hydrogens (tertiary/aromatic N) is 2. The van der Waals surface area contributed by atoms with Gasteiger partial charge in [-0.15, -0.1) is 0 Å². The van der Waals surface area contributed by atoms with Crippen molar-refractivity contribution in [1.29, 1.82) is 0 Å². The fourth-order valence-electron chi connectivity index (χ4n) is 2.78. The van der Waals surface area contributed by atoms with E-state index in [4.69, 9.17) is 4.74 Å². The predicted molar refractivity (Wildman–Crippen MR) is 108 cm³/mol. The molecule has 1 heterocycles. The molecule has 0 aliphatic carbocycles. The van der Waals surface area contributed by atoms with E-state index in [1.807, 2.05) is 78.9 Å². The SMILES string of the molecule is c1ccc(COc2ccccc2-c2cc(Nc3ccccc3)ncn2)cc1. The van der Waals surface area contributed by atoms with Gasteiger partial charge in [-0.2, -0.15) is 0 Å². The molecule has 0 unspecified atom stereocenters. The molecule has 1 aromatic heterocycles. The summed E-state index contributed by atoms with van der Waals surface area (Å²) in [5.41, 5.74) is 3.86. The average molecular weight is 353 g/mol. The summed E-state index contributed by atoms with van der Waals surface area (Å²) in [5, 5.41) is 3.30. The molecule has 0 aliphatic heterocycles. The highest BCUT2D eigenvalue weighted by molar-refractivity contribution is 5.70. The van der Waals surface area contributed by atoms with Gasteiger partial charge < -0.3 is 10.1 Å². The molecule has 4 heteroatoms. The molecule has 4 aromatic rings. The van der Waals surface area contributed by atoms with E-state index in [9.17, 15) is 0 Å². The fraction of sp³-hybridized carbons (Fsp3) is 0.0435. The number of benzene rings is 3. The molecule has 0 amide bonds. The van der Waals surface area contributed by atoms with Gasteiger partial charge in [-0.05, 0) is 29.8 Å². The van der Waals surface area contributed by atoms with E-state index in [1.165, 1.54) is 0 Å². The molecule has 4 nitrogen and oxygen atoms in total. The number of nitrogens with one attached hydrogen (secondary N) is 1. The van der Waals surface area contributed by atoms with Gasteiger partial charge in [0.2, 0.25) is 0 Å². The first-order valence-corrected chi connectivity index (χ1v) is 8.79. The predicted octanol–water partition coefficient (Wildman–Crippen LogP) is 5.47. The standard InChI is InChI=1S/C23H19N3O/c1-3-9-18(10-4-1)16-27-22-14-8-7-13-20(22)21-15-23(25-17-24-21)26-19-11-5-2-6-12-19/h1-15,17H,16H2,(H,24,25,26). The van der Waals surface area contributed by atoms with Crippen LogP contribution in [0.25, 0.3) is 11.3 Å². The summed E-state index contributed by atoms with van der Waals surface area (Å²) in [7, 11) is 0. The van der Waals surface area contributed by atoms with Gasteiger partial charge in [0.05, 0.1) is 5.69 Å². The molecular weight excluding hydrogens is 334 g/mol. The van der Waals surface area contributed by atoms with Crippen molar-refractivity contribution in [3.8, 4) is 17.0 Å². The first-order valence-electron chi connectivity index (χ1n) is 8.79. The zero-order valence-electron chi connectivity index (χ0n) is 14.7. The lowest BCUT2D eigenvalue weighted by molar-refractivity contribution is 0.307. The molecule has 0 saturated heterocycles. The number of ether oxygens (including phenoxy) is 1. The van der Waals surface area contributed by atoms with E-state index in [0.717, 1.165) is 34.1 Å². The van der Waals surface area contributed by atoms with Crippen molar-refractivity contribution in [2.75, 3.05) is 5.32 Å². The molecule has 27 heavy (non-hydrogen) atoms. The molecule has 0 atom stereocenters. The van der Waals surface area contributed by atoms with Crippen LogP contribution >= 0.6 is 0 Å². The highest BCUT2D eigenvalue weighted by atomic mass is 16.5. The van der Waals surface area contributed by atoms with E-state index < -0.39 is 0 Å². The van der Waals surface area contributed by atoms with Crippen molar-refractivity contribution in [2.24, 2.45) is 0 Å². The van der Waals surface area contributed by atoms with Crippen molar-refractivity contribution in [3.63, 3.8) is 0 Å². The second kappa shape index (κ2) is 8.15. The van der Waals surface area contributed by atoms with Crippen LogP contribution in [-0.4, -0.2) is 9.97 Å². The summed E-state index contributed by atoms with van der Waals surface area (Å²) in [6.45, 7) is 0.512. The lowest BCUT2D eigenvalue weighted by Gasteiger charge is -2.12. The largest absolute Gasteiger partial charge is 0.488 e. The van der Waals surface area contributed by atoms with Gasteiger partial charge in [0.15, 0.2) is 0 Å². The van der Waals surface area contributed by atoms with E-state index in [2.05, 4.69) is 27.4 Å². The third-order valence-corrected chi connectivity index (χ3v) is 4.11. The number of rotatable bonds is 6. The number of anilines is 2. The molecule has 132 valence electrons. The second-order valence-electron chi connectivity index (χ2n) is 6.05. The third kappa shape index (κ3) is 4.30. The minimum atomic E-state index is 0.512. The highest BCUT2D eigenvalue weighted by Crippen LogP contribution is 2.30. The molecule has 0 fully saturated rings. The highest BCUT2D eigenvalue weighted by Gasteiger charge is 2.09. The first kappa shape index (κ1) is 16.8. The molecule has 1 N–H and O–H groups in total. The van der Waals surface area contributed by atoms with Crippen LogP contribution in [0.5, 0.6) is 5.75 Å². The number of hydrogen-bond acceptors (Lipinski definition) is 4. The quantitative estimate of drug-likeness (QED) is 0.499. The Labute approximate surface area is 158 Å². The third-order valence-electron chi connectivity index (χ3n) is 4.11. The van der Waals surface area contributed by atoms with Gasteiger partial charge in [0, 0.05) is 17.3 Å². The van der Waals surface area contributed by atoms with E-state index >= 15 is 0 Å². The molecule has 3 aromatic carbocycles. The molecule has 4 rings (SSSR count). The summed E-state index contributed by atoms with van der Waals surface area (Å²) in [6.07, 6.45) is 1.56. The minimum absolute atomic E-state index is 0.512. The van der Waals surface area contributed by atoms with Crippen molar-refractivity contribution in [3.05, 3.63) is 103 Å². The average Bonchev–Trinajstić information content (AvgIpc) is 2.74. The van der Waals surface area contributed by atoms with E-state index in [-0.39, 0.29) is 0 Å². The van der Waals surface area contributed by atoms with Crippen LogP contribution in [0.1, 0.15) is 5.56 Å². The maximum absolute atomic E-state index is 6.05. The molecule has 0 aliphatic rings. The Morgan fingerprint density at radius 1 is 0.741 bits per heavy atom. The lowest BCUT2D eigenvalue weighted by atomic mass is 10.1. The monoisotopic (exact) mass is 353 g/mol. The Morgan fingerprint density at radius 2 is 1.44 bits per heavy atom. The van der Waals surface area contributed by atoms with Crippen LogP contribution < -0.4 is 10.1 Å². The Bertz CT molecular complexity index is 1000. The molecule has 0 saturated carbocycles. The molecule has 0 radical (unpaired) electrons. The smallest absolute Gasteiger partial charge is 0.134 e. The maximum atomic E-state index is 6.05. The normalized spacial score (nSPS) is 10.4.